The van der Waals surface area contributed by atoms with Crippen molar-refractivity contribution in [1.29, 1.82) is 0 Å². The fraction of sp³-hybridized carbons (Fsp3) is 0.368. The Kier molecular flexibility index (Phi) is 4.51. The zero-order chi connectivity index (χ0) is 17.9. The first-order valence-corrected chi connectivity index (χ1v) is 8.84. The second kappa shape index (κ2) is 7.11. The van der Waals surface area contributed by atoms with Crippen LogP contribution in [-0.4, -0.2) is 44.7 Å². The van der Waals surface area contributed by atoms with Crippen LogP contribution in [0.1, 0.15) is 30.9 Å². The predicted molar refractivity (Wildman–Crippen MR) is 96.6 cm³/mol. The number of ether oxygens (including phenoxy) is 1. The van der Waals surface area contributed by atoms with E-state index in [2.05, 4.69) is 33.7 Å². The van der Waals surface area contributed by atoms with Crippen LogP contribution in [0.15, 0.2) is 42.7 Å². The highest BCUT2D eigenvalue weighted by molar-refractivity contribution is 5.92. The van der Waals surface area contributed by atoms with E-state index in [4.69, 9.17) is 4.74 Å². The van der Waals surface area contributed by atoms with Crippen LogP contribution < -0.4 is 4.74 Å². The molecule has 2 heterocycles. The Bertz CT molecular complexity index is 909. The van der Waals surface area contributed by atoms with Gasteiger partial charge in [0.25, 0.3) is 0 Å². The molecule has 0 radical (unpaired) electrons. The summed E-state index contributed by atoms with van der Waals surface area (Å²) < 4.78 is 7.09. The number of carbonyl (C=O) groups is 1. The molecule has 3 aromatic rings. The number of nitrogens with zero attached hydrogens (tertiary/aromatic N) is 5. The van der Waals surface area contributed by atoms with Crippen LogP contribution in [0.5, 0.6) is 5.75 Å². The quantitative estimate of drug-likeness (QED) is 0.706. The van der Waals surface area contributed by atoms with Crippen molar-refractivity contribution < 1.29 is 9.53 Å². The Morgan fingerprint density at radius 3 is 2.85 bits per heavy atom. The molecule has 1 saturated heterocycles. The fourth-order valence-electron chi connectivity index (χ4n) is 3.79. The molecule has 0 N–H and O–H groups in total. The monoisotopic (exact) mass is 351 g/mol. The third-order valence-electron chi connectivity index (χ3n) is 5.02. The number of fused-ring (bicyclic) bond motifs is 1. The van der Waals surface area contributed by atoms with Crippen LogP contribution in [-0.2, 0) is 11.3 Å². The zero-order valence-corrected chi connectivity index (χ0v) is 14.7. The normalized spacial score (nSPS) is 17.0. The molecule has 0 spiro atoms. The average molecular weight is 351 g/mol. The summed E-state index contributed by atoms with van der Waals surface area (Å²) in [6.45, 7) is 1.29. The highest BCUT2D eigenvalue weighted by Gasteiger charge is 2.31. The summed E-state index contributed by atoms with van der Waals surface area (Å²) in [4.78, 5) is 14.8. The summed E-state index contributed by atoms with van der Waals surface area (Å²) in [6, 6.07) is 12.4. The molecule has 4 rings (SSSR count). The molecule has 1 unspecified atom stereocenters. The van der Waals surface area contributed by atoms with Gasteiger partial charge >= 0.3 is 0 Å². The van der Waals surface area contributed by atoms with Crippen molar-refractivity contribution in [3.05, 3.63) is 48.3 Å². The van der Waals surface area contributed by atoms with Gasteiger partial charge in [0, 0.05) is 18.4 Å². The Hall–Kier alpha value is -2.96. The first kappa shape index (κ1) is 16.5. The number of aryl methyl sites for hydroxylation is 1. The second-order valence-electron chi connectivity index (χ2n) is 6.47. The number of benzene rings is 2. The van der Waals surface area contributed by atoms with Crippen molar-refractivity contribution in [2.45, 2.75) is 31.8 Å². The number of amides is 1. The molecular weight excluding hydrogens is 330 g/mol. The summed E-state index contributed by atoms with van der Waals surface area (Å²) in [5.41, 5.74) is 1.19. The summed E-state index contributed by atoms with van der Waals surface area (Å²) in [5, 5.41) is 13.3. The van der Waals surface area contributed by atoms with Gasteiger partial charge in [-0.15, -0.1) is 5.10 Å². The van der Waals surface area contributed by atoms with Crippen LogP contribution in [0.4, 0.5) is 0 Å². The van der Waals surface area contributed by atoms with Crippen molar-refractivity contribution in [3.63, 3.8) is 0 Å². The largest absolute Gasteiger partial charge is 0.496 e. The molecule has 2 aromatic carbocycles. The smallest absolute Gasteiger partial charge is 0.224 e. The first-order chi connectivity index (χ1) is 12.8. The molecule has 0 aliphatic carbocycles. The lowest BCUT2D eigenvalue weighted by Crippen LogP contribution is -2.31. The molecule has 0 bridgehead atoms. The summed E-state index contributed by atoms with van der Waals surface area (Å²) in [7, 11) is 1.69. The number of methoxy groups -OCH3 is 1. The van der Waals surface area contributed by atoms with Gasteiger partial charge in [-0.25, -0.2) is 4.68 Å². The van der Waals surface area contributed by atoms with E-state index < -0.39 is 0 Å². The van der Waals surface area contributed by atoms with Crippen LogP contribution in [0.3, 0.4) is 0 Å². The van der Waals surface area contributed by atoms with Gasteiger partial charge in [-0.2, -0.15) is 0 Å². The summed E-state index contributed by atoms with van der Waals surface area (Å²) >= 11 is 0. The lowest BCUT2D eigenvalue weighted by atomic mass is 9.96. The Morgan fingerprint density at radius 2 is 2.08 bits per heavy atom. The molecule has 1 aliphatic rings. The zero-order valence-electron chi connectivity index (χ0n) is 14.7. The van der Waals surface area contributed by atoms with Gasteiger partial charge < -0.3 is 9.64 Å². The maximum absolute atomic E-state index is 12.8. The topological polar surface area (TPSA) is 73.1 Å². The standard InChI is InChI=1S/C19H21N5O2/c1-26-18-9-8-15(14-5-2-3-6-16(14)18)17-7-4-11-24(17)19(25)10-12-23-13-20-21-22-23/h2-3,5-6,8-9,13,17H,4,7,10-12H2,1H3. The van der Waals surface area contributed by atoms with E-state index in [1.54, 1.807) is 11.8 Å². The second-order valence-corrected chi connectivity index (χ2v) is 6.47. The third kappa shape index (κ3) is 3.00. The third-order valence-corrected chi connectivity index (χ3v) is 5.02. The van der Waals surface area contributed by atoms with Gasteiger partial charge in [0.2, 0.25) is 5.91 Å². The fourth-order valence-corrected chi connectivity index (χ4v) is 3.79. The van der Waals surface area contributed by atoms with Crippen molar-refractivity contribution >= 4 is 16.7 Å². The molecule has 134 valence electrons. The highest BCUT2D eigenvalue weighted by Crippen LogP contribution is 2.38. The van der Waals surface area contributed by atoms with E-state index in [1.807, 2.05) is 23.1 Å². The highest BCUT2D eigenvalue weighted by atomic mass is 16.5. The van der Waals surface area contributed by atoms with Gasteiger partial charge in [-0.3, -0.25) is 4.79 Å². The number of rotatable bonds is 5. The van der Waals surface area contributed by atoms with Crippen molar-refractivity contribution in [2.24, 2.45) is 0 Å². The molecule has 1 aromatic heterocycles. The van der Waals surface area contributed by atoms with Crippen LogP contribution in [0, 0.1) is 0 Å². The number of tetrazole rings is 1. The van der Waals surface area contributed by atoms with Crippen molar-refractivity contribution in [3.8, 4) is 5.75 Å². The molecular formula is C19H21N5O2. The van der Waals surface area contributed by atoms with E-state index in [-0.39, 0.29) is 11.9 Å². The van der Waals surface area contributed by atoms with Gasteiger partial charge in [0.15, 0.2) is 0 Å². The van der Waals surface area contributed by atoms with Gasteiger partial charge in [0.05, 0.1) is 19.7 Å². The molecule has 26 heavy (non-hydrogen) atoms. The number of likely N-dealkylation sites (tertiary alicyclic amines) is 1. The molecule has 1 amide bonds. The van der Waals surface area contributed by atoms with Gasteiger partial charge in [-0.1, -0.05) is 30.3 Å². The lowest BCUT2D eigenvalue weighted by molar-refractivity contribution is -0.132. The number of hydrogen-bond donors (Lipinski definition) is 0. The molecule has 7 nitrogen and oxygen atoms in total. The molecule has 1 aliphatic heterocycles. The Labute approximate surface area is 151 Å². The number of hydrogen-bond acceptors (Lipinski definition) is 5. The maximum Gasteiger partial charge on any atom is 0.224 e. The van der Waals surface area contributed by atoms with Crippen LogP contribution in [0.2, 0.25) is 0 Å². The summed E-state index contributed by atoms with van der Waals surface area (Å²) in [5.74, 6) is 1.00. The van der Waals surface area contributed by atoms with E-state index in [9.17, 15) is 4.79 Å². The van der Waals surface area contributed by atoms with E-state index in [0.29, 0.717) is 13.0 Å². The SMILES string of the molecule is COc1ccc(C2CCCN2C(=O)CCn2cnnn2)c2ccccc12. The predicted octanol–water partition coefficient (Wildman–Crippen LogP) is 2.59. The van der Waals surface area contributed by atoms with Crippen LogP contribution >= 0.6 is 0 Å². The van der Waals surface area contributed by atoms with E-state index in [0.717, 1.165) is 35.9 Å². The Balaban J connectivity index is 1.60. The lowest BCUT2D eigenvalue weighted by Gasteiger charge is -2.26. The van der Waals surface area contributed by atoms with Crippen molar-refractivity contribution in [1.82, 2.24) is 25.1 Å². The van der Waals surface area contributed by atoms with Gasteiger partial charge in [-0.05, 0) is 40.3 Å². The molecule has 0 saturated carbocycles. The summed E-state index contributed by atoms with van der Waals surface area (Å²) in [6.07, 6.45) is 3.93. The molecule has 7 heteroatoms. The van der Waals surface area contributed by atoms with Crippen molar-refractivity contribution in [2.75, 3.05) is 13.7 Å². The minimum absolute atomic E-state index is 0.104. The molecule has 1 atom stereocenters. The van der Waals surface area contributed by atoms with Crippen LogP contribution in [0.25, 0.3) is 10.8 Å². The number of carbonyl (C=O) groups excluding carboxylic acids is 1. The molecule has 1 fully saturated rings. The first-order valence-electron chi connectivity index (χ1n) is 8.84. The minimum Gasteiger partial charge on any atom is -0.496 e. The van der Waals surface area contributed by atoms with E-state index in [1.165, 1.54) is 11.9 Å². The Morgan fingerprint density at radius 1 is 1.23 bits per heavy atom. The minimum atomic E-state index is 0.104. The average Bonchev–Trinajstić information content (AvgIpc) is 3.37. The van der Waals surface area contributed by atoms with E-state index >= 15 is 0 Å². The van der Waals surface area contributed by atoms with Gasteiger partial charge in [0.1, 0.15) is 12.1 Å². The number of aromatic nitrogens is 4. The maximum atomic E-state index is 12.8.